The average molecular weight is 258 g/mol. The fourth-order valence-corrected chi connectivity index (χ4v) is 2.80. The molecule has 5 nitrogen and oxygen atoms in total. The van der Waals surface area contributed by atoms with Gasteiger partial charge in [0.2, 0.25) is 0 Å². The number of ether oxygens (including phenoxy) is 2. The molecule has 2 aliphatic rings. The van der Waals surface area contributed by atoms with Crippen LogP contribution in [0, 0.1) is 5.92 Å². The topological polar surface area (TPSA) is 79.3 Å². The first kappa shape index (κ1) is 13.8. The minimum Gasteiger partial charge on any atom is -0.464 e. The molecule has 2 rings (SSSR count). The van der Waals surface area contributed by atoms with Crippen molar-refractivity contribution in [2.75, 3.05) is 6.61 Å². The van der Waals surface area contributed by atoms with Crippen LogP contribution in [0.2, 0.25) is 0 Å². The summed E-state index contributed by atoms with van der Waals surface area (Å²) in [5.74, 6) is -0.310. The summed E-state index contributed by atoms with van der Waals surface area (Å²) in [5.41, 5.74) is 0. The number of aliphatic hydroxyl groups excluding tert-OH is 2. The van der Waals surface area contributed by atoms with E-state index in [-0.39, 0.29) is 12.7 Å². The number of esters is 1. The molecule has 0 aromatic carbocycles. The van der Waals surface area contributed by atoms with E-state index in [0.717, 1.165) is 12.8 Å². The van der Waals surface area contributed by atoms with Crippen LogP contribution in [0.5, 0.6) is 0 Å². The smallest absolute Gasteiger partial charge is 0.337 e. The van der Waals surface area contributed by atoms with Crippen LogP contribution in [0.25, 0.3) is 0 Å². The third kappa shape index (κ3) is 3.02. The van der Waals surface area contributed by atoms with Gasteiger partial charge in [-0.15, -0.1) is 0 Å². The van der Waals surface area contributed by atoms with Gasteiger partial charge in [-0.1, -0.05) is 19.3 Å². The van der Waals surface area contributed by atoms with Crippen LogP contribution < -0.4 is 0 Å². The van der Waals surface area contributed by atoms with Gasteiger partial charge in [0.15, 0.2) is 6.10 Å². The molecule has 104 valence electrons. The summed E-state index contributed by atoms with van der Waals surface area (Å²) < 4.78 is 10.1. The fourth-order valence-electron chi connectivity index (χ4n) is 2.80. The summed E-state index contributed by atoms with van der Waals surface area (Å²) in [6.07, 6.45) is 2.83. The molecule has 18 heavy (non-hydrogen) atoms. The summed E-state index contributed by atoms with van der Waals surface area (Å²) in [7, 11) is 0. The van der Waals surface area contributed by atoms with E-state index < -0.39 is 24.3 Å². The highest BCUT2D eigenvalue weighted by atomic mass is 16.6. The molecule has 1 saturated heterocycles. The van der Waals surface area contributed by atoms with E-state index >= 15 is 0 Å². The Bertz CT molecular complexity index is 287. The first-order valence-corrected chi connectivity index (χ1v) is 6.83. The number of hydrogen-bond donors (Lipinski definition) is 2. The quantitative estimate of drug-likeness (QED) is 0.558. The highest BCUT2D eigenvalue weighted by Crippen LogP contribution is 2.40. The molecule has 0 radical (unpaired) electrons. The van der Waals surface area contributed by atoms with Crippen LogP contribution in [0.3, 0.4) is 0 Å². The lowest BCUT2D eigenvalue weighted by molar-refractivity contribution is -0.159. The van der Waals surface area contributed by atoms with Gasteiger partial charge < -0.3 is 19.7 Å². The van der Waals surface area contributed by atoms with E-state index in [4.69, 9.17) is 4.74 Å². The van der Waals surface area contributed by atoms with E-state index in [1.165, 1.54) is 19.3 Å². The molecule has 0 aromatic heterocycles. The lowest BCUT2D eigenvalue weighted by atomic mass is 9.85. The zero-order valence-electron chi connectivity index (χ0n) is 10.7. The fraction of sp³-hybridized carbons (Fsp3) is 0.923. The number of epoxide rings is 1. The summed E-state index contributed by atoms with van der Waals surface area (Å²) >= 11 is 0. The first-order valence-electron chi connectivity index (χ1n) is 6.83. The van der Waals surface area contributed by atoms with Crippen molar-refractivity contribution in [3.8, 4) is 0 Å². The van der Waals surface area contributed by atoms with E-state index in [9.17, 15) is 15.0 Å². The van der Waals surface area contributed by atoms with Crippen molar-refractivity contribution in [2.24, 2.45) is 5.92 Å². The second-order valence-electron chi connectivity index (χ2n) is 5.15. The molecule has 0 bridgehead atoms. The minimum absolute atomic E-state index is 0.00405. The van der Waals surface area contributed by atoms with Gasteiger partial charge in [-0.3, -0.25) is 0 Å². The van der Waals surface area contributed by atoms with Gasteiger partial charge in [0.05, 0.1) is 12.7 Å². The number of carbonyl (C=O) groups excluding carboxylic acids is 1. The van der Waals surface area contributed by atoms with Gasteiger partial charge in [-0.2, -0.15) is 0 Å². The first-order chi connectivity index (χ1) is 8.65. The van der Waals surface area contributed by atoms with Gasteiger partial charge in [-0.05, 0) is 25.7 Å². The Balaban J connectivity index is 1.80. The predicted octanol–water partition coefficient (Wildman–Crippen LogP) is 0.619. The lowest BCUT2D eigenvalue weighted by Gasteiger charge is -2.20. The summed E-state index contributed by atoms with van der Waals surface area (Å²) in [5, 5.41) is 19.5. The van der Waals surface area contributed by atoms with Gasteiger partial charge in [-0.25, -0.2) is 4.79 Å². The maximum atomic E-state index is 11.3. The van der Waals surface area contributed by atoms with Crippen molar-refractivity contribution in [1.29, 1.82) is 0 Å². The van der Waals surface area contributed by atoms with Crippen molar-refractivity contribution in [2.45, 2.75) is 63.4 Å². The highest BCUT2D eigenvalue weighted by Gasteiger charge is 2.52. The molecular weight excluding hydrogens is 236 g/mol. The predicted molar refractivity (Wildman–Crippen MR) is 63.9 cm³/mol. The van der Waals surface area contributed by atoms with Crippen molar-refractivity contribution in [1.82, 2.24) is 0 Å². The monoisotopic (exact) mass is 258 g/mol. The lowest BCUT2D eigenvalue weighted by Crippen LogP contribution is -2.40. The van der Waals surface area contributed by atoms with Crippen LogP contribution in [0.4, 0.5) is 0 Å². The third-order valence-corrected chi connectivity index (χ3v) is 3.86. The third-order valence-electron chi connectivity index (χ3n) is 3.86. The number of carbonyl (C=O) groups is 1. The molecule has 4 atom stereocenters. The molecule has 1 heterocycles. The normalized spacial score (nSPS) is 31.7. The second kappa shape index (κ2) is 5.99. The Morgan fingerprint density at radius 2 is 2.00 bits per heavy atom. The number of rotatable bonds is 5. The van der Waals surface area contributed by atoms with Crippen molar-refractivity contribution < 1.29 is 24.5 Å². The standard InChI is InChI=1S/C13H22O5/c1-2-17-13(16)10(15)9(14)12-11(18-12)8-6-4-3-5-7-8/h8-12,14-15H,2-7H2,1H3/t9-,10-,11-,12-/m0/s1. The molecule has 2 N–H and O–H groups in total. The molecular formula is C13H22O5. The van der Waals surface area contributed by atoms with E-state index in [2.05, 4.69) is 4.74 Å². The second-order valence-corrected chi connectivity index (χ2v) is 5.15. The van der Waals surface area contributed by atoms with E-state index in [1.54, 1.807) is 6.92 Å². The molecule has 5 heteroatoms. The molecule has 0 aromatic rings. The van der Waals surface area contributed by atoms with Crippen molar-refractivity contribution in [3.63, 3.8) is 0 Å². The van der Waals surface area contributed by atoms with Gasteiger partial charge in [0, 0.05) is 0 Å². The minimum atomic E-state index is -1.50. The van der Waals surface area contributed by atoms with E-state index in [0.29, 0.717) is 5.92 Å². The molecule has 1 aliphatic carbocycles. The van der Waals surface area contributed by atoms with Crippen LogP contribution in [-0.2, 0) is 14.3 Å². The summed E-state index contributed by atoms with van der Waals surface area (Å²) in [6.45, 7) is 1.86. The van der Waals surface area contributed by atoms with Crippen LogP contribution in [-0.4, -0.2) is 47.2 Å². The molecule has 1 saturated carbocycles. The van der Waals surface area contributed by atoms with Crippen molar-refractivity contribution >= 4 is 5.97 Å². The maximum Gasteiger partial charge on any atom is 0.337 e. The Morgan fingerprint density at radius 3 is 2.61 bits per heavy atom. The Morgan fingerprint density at radius 1 is 1.33 bits per heavy atom. The molecule has 2 fully saturated rings. The molecule has 0 amide bonds. The Kier molecular flexibility index (Phi) is 4.59. The zero-order valence-corrected chi connectivity index (χ0v) is 10.7. The van der Waals surface area contributed by atoms with Crippen LogP contribution in [0.1, 0.15) is 39.0 Å². The SMILES string of the molecule is CCOC(=O)[C@@H](O)[C@H](O)[C@@H]1O[C@H]1C1CCCCC1. The maximum absolute atomic E-state index is 11.3. The number of aliphatic hydroxyl groups is 2. The van der Waals surface area contributed by atoms with Gasteiger partial charge in [0.1, 0.15) is 12.2 Å². The average Bonchev–Trinajstić information content (AvgIpc) is 3.18. The van der Waals surface area contributed by atoms with Crippen LogP contribution in [0.15, 0.2) is 0 Å². The summed E-state index contributed by atoms with van der Waals surface area (Å²) in [6, 6.07) is 0. The van der Waals surface area contributed by atoms with Gasteiger partial charge in [0.25, 0.3) is 0 Å². The largest absolute Gasteiger partial charge is 0.464 e. The summed E-state index contributed by atoms with van der Waals surface area (Å²) in [4.78, 5) is 11.3. The number of hydrogen-bond acceptors (Lipinski definition) is 5. The molecule has 0 spiro atoms. The molecule has 1 aliphatic heterocycles. The van der Waals surface area contributed by atoms with Crippen LogP contribution >= 0.6 is 0 Å². The Labute approximate surface area is 107 Å². The van der Waals surface area contributed by atoms with Crippen molar-refractivity contribution in [3.05, 3.63) is 0 Å². The Hall–Kier alpha value is -0.650. The van der Waals surface area contributed by atoms with Gasteiger partial charge >= 0.3 is 5.97 Å². The molecule has 0 unspecified atom stereocenters. The van der Waals surface area contributed by atoms with E-state index in [1.807, 2.05) is 0 Å². The highest BCUT2D eigenvalue weighted by molar-refractivity contribution is 5.75. The zero-order chi connectivity index (χ0) is 13.1.